The number of likely N-dealkylation sites (tertiary alicyclic amines) is 1. The number of ether oxygens (including phenoxy) is 1. The minimum atomic E-state index is -5.33. The third-order valence-electron chi connectivity index (χ3n) is 8.44. The molecule has 1 aromatic rings. The number of rotatable bonds is 8. The number of hydrogen-bond donors (Lipinski definition) is 2. The quantitative estimate of drug-likeness (QED) is 0.429. The van der Waals surface area contributed by atoms with E-state index >= 15 is 0 Å². The van der Waals surface area contributed by atoms with Crippen molar-refractivity contribution >= 4 is 29.4 Å². The van der Waals surface area contributed by atoms with E-state index in [1.165, 1.54) is 13.2 Å². The number of halogens is 5. The van der Waals surface area contributed by atoms with Crippen LogP contribution in [0.1, 0.15) is 44.9 Å². The Morgan fingerprint density at radius 1 is 1.23 bits per heavy atom. The van der Waals surface area contributed by atoms with Crippen LogP contribution in [0.5, 0.6) is 5.75 Å². The van der Waals surface area contributed by atoms with E-state index in [9.17, 15) is 46.4 Å². The molecule has 11 nitrogen and oxygen atoms in total. The summed E-state index contributed by atoms with van der Waals surface area (Å²) in [7, 11) is 1.19. The smallest absolute Gasteiger partial charge is 0.471 e. The Bertz CT molecular complexity index is 1360. The van der Waals surface area contributed by atoms with Crippen molar-refractivity contribution in [2.45, 2.75) is 80.8 Å². The van der Waals surface area contributed by atoms with Gasteiger partial charge in [-0.05, 0) is 36.8 Å². The topological polar surface area (TPSA) is 145 Å². The third kappa shape index (κ3) is 6.21. The molecule has 4 amide bonds. The number of nitriles is 1. The molecular formula is C27H29F5N6O5. The van der Waals surface area contributed by atoms with Gasteiger partial charge in [0.25, 0.3) is 5.91 Å². The number of nitrogens with zero attached hydrogens (tertiary/aromatic N) is 4. The molecule has 2 N–H and O–H groups in total. The van der Waals surface area contributed by atoms with Crippen LogP contribution in [0.25, 0.3) is 0 Å². The van der Waals surface area contributed by atoms with Crippen molar-refractivity contribution in [2.24, 2.45) is 11.8 Å². The molecule has 1 spiro atoms. The molecule has 4 atom stereocenters. The van der Waals surface area contributed by atoms with Gasteiger partial charge in [-0.2, -0.15) is 18.4 Å². The number of anilines is 1. The lowest BCUT2D eigenvalue weighted by molar-refractivity contribution is -0.176. The third-order valence-corrected chi connectivity index (χ3v) is 8.44. The monoisotopic (exact) mass is 612 g/mol. The van der Waals surface area contributed by atoms with Gasteiger partial charge < -0.3 is 25.2 Å². The number of hydrogen-bond acceptors (Lipinski definition) is 7. The van der Waals surface area contributed by atoms with Crippen LogP contribution in [0, 0.1) is 23.2 Å². The highest BCUT2D eigenvalue weighted by molar-refractivity contribution is 6.01. The van der Waals surface area contributed by atoms with E-state index in [2.05, 4.69) is 10.3 Å². The van der Waals surface area contributed by atoms with Gasteiger partial charge in [-0.25, -0.2) is 13.8 Å². The van der Waals surface area contributed by atoms with Crippen LogP contribution in [-0.4, -0.2) is 87.8 Å². The summed E-state index contributed by atoms with van der Waals surface area (Å²) in [6.45, 7) is -0.348. The molecular weight excluding hydrogens is 583 g/mol. The second-order valence-corrected chi connectivity index (χ2v) is 11.7. The Hall–Kier alpha value is -4.03. The molecule has 3 heterocycles. The minimum absolute atomic E-state index is 0.0158. The summed E-state index contributed by atoms with van der Waals surface area (Å²) in [6, 6.07) is 0.909. The fourth-order valence-electron chi connectivity index (χ4n) is 5.93. The summed E-state index contributed by atoms with van der Waals surface area (Å²) in [5.41, 5.74) is -1.63. The Labute approximate surface area is 242 Å². The van der Waals surface area contributed by atoms with E-state index in [0.29, 0.717) is 0 Å². The van der Waals surface area contributed by atoms with Crippen molar-refractivity contribution in [3.8, 4) is 11.8 Å². The lowest BCUT2D eigenvalue weighted by atomic mass is 9.77. The molecule has 2 aliphatic heterocycles. The van der Waals surface area contributed by atoms with E-state index in [0.717, 1.165) is 22.6 Å². The van der Waals surface area contributed by atoms with E-state index in [4.69, 9.17) is 4.74 Å². The Kier molecular flexibility index (Phi) is 7.72. The van der Waals surface area contributed by atoms with Gasteiger partial charge >= 0.3 is 12.1 Å². The maximum Gasteiger partial charge on any atom is 0.471 e. The Balaban J connectivity index is 1.37. The van der Waals surface area contributed by atoms with Crippen molar-refractivity contribution in [3.63, 3.8) is 0 Å². The summed E-state index contributed by atoms with van der Waals surface area (Å²) in [6.07, 6.45) is -4.26. The number of aromatic nitrogens is 1. The zero-order valence-electron chi connectivity index (χ0n) is 23.0. The highest BCUT2D eigenvalue weighted by atomic mass is 19.4. The number of carbonyl (C=O) groups is 4. The van der Waals surface area contributed by atoms with E-state index in [-0.39, 0.29) is 36.9 Å². The van der Waals surface area contributed by atoms with Crippen LogP contribution < -0.4 is 15.4 Å². The summed E-state index contributed by atoms with van der Waals surface area (Å²) < 4.78 is 72.1. The first-order chi connectivity index (χ1) is 20.1. The van der Waals surface area contributed by atoms with Crippen LogP contribution >= 0.6 is 0 Å². The molecule has 2 aliphatic carbocycles. The zero-order valence-corrected chi connectivity index (χ0v) is 23.0. The highest BCUT2D eigenvalue weighted by Crippen LogP contribution is 2.45. The van der Waals surface area contributed by atoms with Gasteiger partial charge in [0.2, 0.25) is 23.3 Å². The molecule has 5 rings (SSSR count). The van der Waals surface area contributed by atoms with Gasteiger partial charge in [0.1, 0.15) is 18.1 Å². The fourth-order valence-corrected chi connectivity index (χ4v) is 5.93. The molecule has 16 heteroatoms. The van der Waals surface area contributed by atoms with Gasteiger partial charge in [0.15, 0.2) is 11.6 Å². The number of amides is 4. The number of nitrogens with one attached hydrogen (secondary N) is 2. The minimum Gasteiger partial charge on any atom is -0.472 e. The first-order valence-corrected chi connectivity index (χ1v) is 13.8. The summed E-state index contributed by atoms with van der Waals surface area (Å²) in [4.78, 5) is 58.5. The average molecular weight is 613 g/mol. The molecule has 1 aromatic heterocycles. The lowest BCUT2D eigenvalue weighted by Gasteiger charge is -2.39. The highest BCUT2D eigenvalue weighted by Gasteiger charge is 2.57. The first kappa shape index (κ1) is 30.4. The van der Waals surface area contributed by atoms with Gasteiger partial charge in [0, 0.05) is 32.5 Å². The summed E-state index contributed by atoms with van der Waals surface area (Å²) in [5.74, 6) is -8.21. The summed E-state index contributed by atoms with van der Waals surface area (Å²) in [5, 5.41) is 14.1. The van der Waals surface area contributed by atoms with Crippen LogP contribution in [0.2, 0.25) is 0 Å². The second kappa shape index (κ2) is 10.9. The van der Waals surface area contributed by atoms with Gasteiger partial charge in [-0.1, -0.05) is 12.8 Å². The molecule has 0 bridgehead atoms. The Morgan fingerprint density at radius 2 is 1.93 bits per heavy atom. The summed E-state index contributed by atoms with van der Waals surface area (Å²) >= 11 is 0. The van der Waals surface area contributed by atoms with Crippen LogP contribution in [0.4, 0.5) is 27.8 Å². The van der Waals surface area contributed by atoms with Gasteiger partial charge in [0.05, 0.1) is 12.6 Å². The molecule has 232 valence electrons. The average Bonchev–Trinajstić information content (AvgIpc) is 3.67. The zero-order chi connectivity index (χ0) is 31.3. The normalized spacial score (nSPS) is 25.8. The van der Waals surface area contributed by atoms with Crippen LogP contribution in [0.15, 0.2) is 18.3 Å². The molecule has 2 saturated carbocycles. The van der Waals surface area contributed by atoms with Crippen molar-refractivity contribution < 1.29 is 45.9 Å². The van der Waals surface area contributed by atoms with Crippen molar-refractivity contribution in [1.29, 1.82) is 5.26 Å². The fraction of sp³-hybridized carbons (Fsp3) is 0.630. The number of pyridine rings is 1. The van der Waals surface area contributed by atoms with E-state index in [1.54, 1.807) is 17.4 Å². The van der Waals surface area contributed by atoms with Crippen molar-refractivity contribution in [1.82, 2.24) is 20.1 Å². The maximum atomic E-state index is 14.0. The second-order valence-electron chi connectivity index (χ2n) is 11.7. The number of fused-ring (bicyclic) bond motifs is 1. The molecule has 3 fully saturated rings. The van der Waals surface area contributed by atoms with Crippen molar-refractivity contribution in [2.75, 3.05) is 18.9 Å². The molecule has 4 aliphatic rings. The standard InChI is InChI=1S/C27H29F5N6O5/c1-37(21(39)17(35-24(42)27(30,31)32)7-15-9-26(28,29)10-15)18(8-14-4-5-14)22(40)38-13-25(11-16(38)12-33)23(41)36-20-19(43-25)3-2-6-34-20/h2-3,6,14-18H,4-5,7-11,13H2,1H3,(H,35,42)(H,34,36,41)/t16-,17-,18-,25+/m0/s1. The van der Waals surface area contributed by atoms with Crippen molar-refractivity contribution in [3.05, 3.63) is 18.3 Å². The predicted octanol–water partition coefficient (Wildman–Crippen LogP) is 2.39. The number of alkyl halides is 5. The predicted molar refractivity (Wildman–Crippen MR) is 136 cm³/mol. The number of likely N-dealkylation sites (N-methyl/N-ethyl adjacent to an activating group) is 1. The molecule has 0 radical (unpaired) electrons. The Morgan fingerprint density at radius 3 is 2.53 bits per heavy atom. The molecule has 1 saturated heterocycles. The SMILES string of the molecule is CN(C(=O)[C@H](CC1CC(F)(F)C1)NC(=O)C(F)(F)F)[C@@H](CC1CC1)C(=O)N1C[C@@]2(C[C@H]1C#N)Oc1cccnc1NC2=O. The molecule has 0 unspecified atom stereocenters. The lowest BCUT2D eigenvalue weighted by Crippen LogP contribution is -2.58. The van der Waals surface area contributed by atoms with E-state index in [1.807, 2.05) is 6.07 Å². The first-order valence-electron chi connectivity index (χ1n) is 13.8. The number of carbonyl (C=O) groups excluding carboxylic acids is 4. The van der Waals surface area contributed by atoms with Gasteiger partial charge in [-0.15, -0.1) is 0 Å². The maximum absolute atomic E-state index is 14.0. The molecule has 0 aromatic carbocycles. The van der Waals surface area contributed by atoms with E-state index < -0.39 is 84.6 Å². The van der Waals surface area contributed by atoms with Crippen LogP contribution in [-0.2, 0) is 19.2 Å². The molecule has 43 heavy (non-hydrogen) atoms. The van der Waals surface area contributed by atoms with Gasteiger partial charge in [-0.3, -0.25) is 19.2 Å². The largest absolute Gasteiger partial charge is 0.472 e. The van der Waals surface area contributed by atoms with Crippen LogP contribution in [0.3, 0.4) is 0 Å².